The van der Waals surface area contributed by atoms with Crippen molar-refractivity contribution in [2.45, 2.75) is 6.92 Å². The third kappa shape index (κ3) is 4.34. The normalized spacial score (nSPS) is 9.96. The number of esters is 1. The van der Waals surface area contributed by atoms with E-state index in [0.29, 0.717) is 11.3 Å². The molecule has 0 aliphatic rings. The highest BCUT2D eigenvalue weighted by atomic mass is 16.6. The van der Waals surface area contributed by atoms with Crippen molar-refractivity contribution in [2.75, 3.05) is 11.9 Å². The third-order valence-corrected chi connectivity index (χ3v) is 2.94. The number of hydrogen-bond acceptors (Lipinski definition) is 6. The second-order valence-electron chi connectivity index (χ2n) is 4.62. The molecule has 1 N–H and O–H groups in total. The lowest BCUT2D eigenvalue weighted by molar-refractivity contribution is -0.384. The first-order chi connectivity index (χ1) is 11.0. The highest BCUT2D eigenvalue weighted by Crippen LogP contribution is 2.21. The van der Waals surface area contributed by atoms with Crippen molar-refractivity contribution in [1.29, 1.82) is 0 Å². The molecule has 0 aliphatic heterocycles. The molecular formula is C15H13N3O5. The molecule has 1 aromatic carbocycles. The van der Waals surface area contributed by atoms with E-state index in [1.54, 1.807) is 13.0 Å². The SMILES string of the molecule is Cc1ccc([N+](=O)[O-])cc1NC(=O)COC(=O)c1cccnc1. The maximum Gasteiger partial charge on any atom is 0.340 e. The first kappa shape index (κ1) is 16.1. The zero-order valence-electron chi connectivity index (χ0n) is 12.2. The van der Waals surface area contributed by atoms with Gasteiger partial charge in [-0.15, -0.1) is 0 Å². The van der Waals surface area contributed by atoms with E-state index in [2.05, 4.69) is 10.3 Å². The number of non-ortho nitro benzene ring substituents is 1. The fourth-order valence-corrected chi connectivity index (χ4v) is 1.74. The third-order valence-electron chi connectivity index (χ3n) is 2.94. The van der Waals surface area contributed by atoms with E-state index in [1.807, 2.05) is 0 Å². The number of aryl methyl sites for hydroxylation is 1. The van der Waals surface area contributed by atoms with Crippen LogP contribution in [0.4, 0.5) is 11.4 Å². The van der Waals surface area contributed by atoms with Gasteiger partial charge >= 0.3 is 5.97 Å². The fourth-order valence-electron chi connectivity index (χ4n) is 1.74. The van der Waals surface area contributed by atoms with Crippen molar-refractivity contribution in [3.8, 4) is 0 Å². The minimum absolute atomic E-state index is 0.141. The molecule has 118 valence electrons. The van der Waals surface area contributed by atoms with Gasteiger partial charge in [0.25, 0.3) is 11.6 Å². The Hall–Kier alpha value is -3.29. The molecular weight excluding hydrogens is 302 g/mol. The molecule has 23 heavy (non-hydrogen) atoms. The highest BCUT2D eigenvalue weighted by Gasteiger charge is 2.13. The monoisotopic (exact) mass is 315 g/mol. The minimum Gasteiger partial charge on any atom is -0.452 e. The number of aromatic nitrogens is 1. The zero-order chi connectivity index (χ0) is 16.8. The van der Waals surface area contributed by atoms with E-state index in [4.69, 9.17) is 4.74 Å². The average Bonchev–Trinajstić information content (AvgIpc) is 2.55. The van der Waals surface area contributed by atoms with Gasteiger partial charge in [-0.2, -0.15) is 0 Å². The molecule has 0 fully saturated rings. The van der Waals surface area contributed by atoms with Gasteiger partial charge in [0.2, 0.25) is 0 Å². The second kappa shape index (κ2) is 7.12. The van der Waals surface area contributed by atoms with Gasteiger partial charge in [-0.25, -0.2) is 4.79 Å². The van der Waals surface area contributed by atoms with Crippen LogP contribution in [0, 0.1) is 17.0 Å². The van der Waals surface area contributed by atoms with Crippen LogP contribution in [0.15, 0.2) is 42.7 Å². The van der Waals surface area contributed by atoms with Crippen LogP contribution in [0.3, 0.4) is 0 Å². The molecule has 1 aromatic heterocycles. The van der Waals surface area contributed by atoms with E-state index < -0.39 is 23.4 Å². The van der Waals surface area contributed by atoms with Crippen LogP contribution in [0.5, 0.6) is 0 Å². The number of rotatable bonds is 5. The van der Waals surface area contributed by atoms with Crippen molar-refractivity contribution in [3.63, 3.8) is 0 Å². The standard InChI is InChI=1S/C15H13N3O5/c1-10-4-5-12(18(21)22)7-13(10)17-14(19)9-23-15(20)11-3-2-6-16-8-11/h2-8H,9H2,1H3,(H,17,19). The summed E-state index contributed by atoms with van der Waals surface area (Å²) in [5.74, 6) is -1.27. The topological polar surface area (TPSA) is 111 Å². The van der Waals surface area contributed by atoms with Gasteiger partial charge in [-0.1, -0.05) is 6.07 Å². The van der Waals surface area contributed by atoms with Gasteiger partial charge in [0, 0.05) is 24.5 Å². The maximum absolute atomic E-state index is 11.8. The summed E-state index contributed by atoms with van der Waals surface area (Å²) in [7, 11) is 0. The molecule has 2 rings (SSSR count). The van der Waals surface area contributed by atoms with Crippen LogP contribution in [-0.4, -0.2) is 28.4 Å². The minimum atomic E-state index is -0.677. The molecule has 0 saturated heterocycles. The molecule has 1 heterocycles. The summed E-state index contributed by atoms with van der Waals surface area (Å²) in [5.41, 5.74) is 1.04. The molecule has 0 spiro atoms. The Morgan fingerprint density at radius 3 is 2.78 bits per heavy atom. The van der Waals surface area contributed by atoms with Crippen LogP contribution in [0.2, 0.25) is 0 Å². The molecule has 8 heteroatoms. The Labute approximate surface area is 131 Å². The smallest absolute Gasteiger partial charge is 0.340 e. The average molecular weight is 315 g/mol. The Kier molecular flexibility index (Phi) is 4.98. The Bertz CT molecular complexity index is 746. The van der Waals surface area contributed by atoms with Crippen molar-refractivity contribution in [1.82, 2.24) is 4.98 Å². The number of nitrogens with one attached hydrogen (secondary N) is 1. The molecule has 0 unspecified atom stereocenters. The lowest BCUT2D eigenvalue weighted by Crippen LogP contribution is -2.21. The number of carbonyl (C=O) groups excluding carboxylic acids is 2. The number of hydrogen-bond donors (Lipinski definition) is 1. The number of benzene rings is 1. The molecule has 0 bridgehead atoms. The zero-order valence-corrected chi connectivity index (χ0v) is 12.2. The predicted octanol–water partition coefficient (Wildman–Crippen LogP) is 2.09. The second-order valence-corrected chi connectivity index (χ2v) is 4.62. The van der Waals surface area contributed by atoms with Gasteiger partial charge in [-0.05, 0) is 24.6 Å². The Balaban J connectivity index is 1.96. The number of pyridine rings is 1. The van der Waals surface area contributed by atoms with Gasteiger partial charge < -0.3 is 10.1 Å². The summed E-state index contributed by atoms with van der Waals surface area (Å²) >= 11 is 0. The summed E-state index contributed by atoms with van der Waals surface area (Å²) in [6.07, 6.45) is 2.83. The van der Waals surface area contributed by atoms with Crippen LogP contribution in [-0.2, 0) is 9.53 Å². The highest BCUT2D eigenvalue weighted by molar-refractivity contribution is 5.96. The number of nitrogens with zero attached hydrogens (tertiary/aromatic N) is 2. The van der Waals surface area contributed by atoms with Crippen LogP contribution < -0.4 is 5.32 Å². The molecule has 2 aromatic rings. The number of nitro benzene ring substituents is 1. The van der Waals surface area contributed by atoms with Crippen LogP contribution >= 0.6 is 0 Å². The molecule has 1 amide bonds. The number of carbonyl (C=O) groups is 2. The maximum atomic E-state index is 11.8. The van der Waals surface area contributed by atoms with Crippen molar-refractivity contribution < 1.29 is 19.2 Å². The lowest BCUT2D eigenvalue weighted by atomic mass is 10.2. The molecule has 0 saturated carbocycles. The molecule has 8 nitrogen and oxygen atoms in total. The molecule has 0 aliphatic carbocycles. The Morgan fingerprint density at radius 2 is 2.13 bits per heavy atom. The van der Waals surface area contributed by atoms with E-state index in [1.165, 1.54) is 36.7 Å². The van der Waals surface area contributed by atoms with Crippen molar-refractivity contribution >= 4 is 23.3 Å². The molecule has 0 atom stereocenters. The fraction of sp³-hybridized carbons (Fsp3) is 0.133. The summed E-state index contributed by atoms with van der Waals surface area (Å²) in [6, 6.07) is 7.19. The number of anilines is 1. The van der Waals surface area contributed by atoms with Gasteiger partial charge in [0.15, 0.2) is 6.61 Å². The van der Waals surface area contributed by atoms with Crippen molar-refractivity contribution in [3.05, 3.63) is 64.0 Å². The molecule has 0 radical (unpaired) electrons. The summed E-state index contributed by atoms with van der Waals surface area (Å²) in [5, 5.41) is 13.2. The Morgan fingerprint density at radius 1 is 1.35 bits per heavy atom. The quantitative estimate of drug-likeness (QED) is 0.513. The van der Waals surface area contributed by atoms with E-state index >= 15 is 0 Å². The van der Waals surface area contributed by atoms with Crippen molar-refractivity contribution in [2.24, 2.45) is 0 Å². The van der Waals surface area contributed by atoms with Gasteiger partial charge in [0.05, 0.1) is 16.2 Å². The largest absolute Gasteiger partial charge is 0.452 e. The number of ether oxygens (including phenoxy) is 1. The van der Waals surface area contributed by atoms with Crippen LogP contribution in [0.1, 0.15) is 15.9 Å². The lowest BCUT2D eigenvalue weighted by Gasteiger charge is -2.08. The van der Waals surface area contributed by atoms with E-state index in [9.17, 15) is 19.7 Å². The summed E-state index contributed by atoms with van der Waals surface area (Å²) in [4.78, 5) is 37.4. The number of amides is 1. The predicted molar refractivity (Wildman–Crippen MR) is 81.0 cm³/mol. The summed E-state index contributed by atoms with van der Waals surface area (Å²) < 4.78 is 4.85. The first-order valence-electron chi connectivity index (χ1n) is 6.59. The number of nitro groups is 1. The van der Waals surface area contributed by atoms with Crippen LogP contribution in [0.25, 0.3) is 0 Å². The van der Waals surface area contributed by atoms with Gasteiger partial charge in [0.1, 0.15) is 0 Å². The van der Waals surface area contributed by atoms with E-state index in [0.717, 1.165) is 0 Å². The summed E-state index contributed by atoms with van der Waals surface area (Å²) in [6.45, 7) is 1.19. The van der Waals surface area contributed by atoms with E-state index in [-0.39, 0.29) is 11.3 Å². The first-order valence-corrected chi connectivity index (χ1v) is 6.59. The van der Waals surface area contributed by atoms with Gasteiger partial charge in [-0.3, -0.25) is 19.9 Å².